The Balaban J connectivity index is 3.05. The monoisotopic (exact) mass is 450 g/mol. The highest BCUT2D eigenvalue weighted by molar-refractivity contribution is 5.66. The summed E-state index contributed by atoms with van der Waals surface area (Å²) in [4.78, 5) is 10.4. The summed E-state index contributed by atoms with van der Waals surface area (Å²) in [6.45, 7) is 2.28. The second-order valence-electron chi connectivity index (χ2n) is 9.97. The van der Waals surface area contributed by atoms with Gasteiger partial charge in [-0.25, -0.2) is 0 Å². The first kappa shape index (κ1) is 31.2. The van der Waals surface area contributed by atoms with E-state index < -0.39 is 5.97 Å². The number of unbranched alkanes of at least 4 members (excludes halogenated alkanes) is 23. The van der Waals surface area contributed by atoms with Gasteiger partial charge in [0.05, 0.1) is 0 Å². The Labute approximate surface area is 202 Å². The topological polar surface area (TPSA) is 37.3 Å². The molecule has 1 N–H and O–H groups in total. The lowest BCUT2D eigenvalue weighted by molar-refractivity contribution is -0.137. The molecule has 0 rings (SSSR count). The number of carboxylic acids is 1. The van der Waals surface area contributed by atoms with Crippen LogP contribution in [0.4, 0.5) is 0 Å². The van der Waals surface area contributed by atoms with Crippen molar-refractivity contribution in [3.8, 4) is 0 Å². The van der Waals surface area contributed by atoms with Gasteiger partial charge in [0.2, 0.25) is 0 Å². The molecule has 0 aliphatic heterocycles. The van der Waals surface area contributed by atoms with E-state index in [1.807, 2.05) is 0 Å². The van der Waals surface area contributed by atoms with Gasteiger partial charge in [0.1, 0.15) is 0 Å². The molecule has 0 saturated carbocycles. The van der Waals surface area contributed by atoms with Crippen molar-refractivity contribution in [3.05, 3.63) is 12.2 Å². The number of hydrogen-bond acceptors (Lipinski definition) is 1. The van der Waals surface area contributed by atoms with Crippen LogP contribution >= 0.6 is 0 Å². The van der Waals surface area contributed by atoms with Crippen LogP contribution in [0.2, 0.25) is 0 Å². The van der Waals surface area contributed by atoms with Crippen LogP contribution in [0.3, 0.4) is 0 Å². The lowest BCUT2D eigenvalue weighted by atomic mass is 10.0. The number of rotatable bonds is 27. The third kappa shape index (κ3) is 29.2. The van der Waals surface area contributed by atoms with E-state index in [0.717, 1.165) is 12.8 Å². The van der Waals surface area contributed by atoms with Gasteiger partial charge in [0.25, 0.3) is 0 Å². The molecule has 0 fully saturated rings. The summed E-state index contributed by atoms with van der Waals surface area (Å²) < 4.78 is 0. The van der Waals surface area contributed by atoms with E-state index >= 15 is 0 Å². The highest BCUT2D eigenvalue weighted by Gasteiger charge is 1.97. The molecular weight excluding hydrogens is 392 g/mol. The van der Waals surface area contributed by atoms with Crippen LogP contribution in [0.25, 0.3) is 0 Å². The van der Waals surface area contributed by atoms with Gasteiger partial charge in [-0.1, -0.05) is 147 Å². The lowest BCUT2D eigenvalue weighted by Gasteiger charge is -2.04. The molecule has 2 heteroatoms. The maximum atomic E-state index is 10.4. The summed E-state index contributed by atoms with van der Waals surface area (Å²) in [7, 11) is 0. The first-order chi connectivity index (χ1) is 15.8. The molecule has 0 saturated heterocycles. The third-order valence-corrected chi connectivity index (χ3v) is 6.65. The van der Waals surface area contributed by atoms with Gasteiger partial charge in [-0.15, -0.1) is 0 Å². The molecule has 0 aromatic rings. The van der Waals surface area contributed by atoms with Gasteiger partial charge in [0.15, 0.2) is 0 Å². The van der Waals surface area contributed by atoms with Crippen LogP contribution in [-0.2, 0) is 4.79 Å². The van der Waals surface area contributed by atoms with Gasteiger partial charge in [-0.3, -0.25) is 4.79 Å². The molecule has 0 spiro atoms. The van der Waals surface area contributed by atoms with Crippen molar-refractivity contribution >= 4 is 5.97 Å². The Morgan fingerprint density at radius 3 is 1.06 bits per heavy atom. The van der Waals surface area contributed by atoms with Crippen molar-refractivity contribution in [1.29, 1.82) is 0 Å². The van der Waals surface area contributed by atoms with Gasteiger partial charge in [-0.05, 0) is 32.1 Å². The van der Waals surface area contributed by atoms with Crippen LogP contribution in [0, 0.1) is 0 Å². The summed E-state index contributed by atoms with van der Waals surface area (Å²) in [6, 6.07) is 0. The average molecular weight is 451 g/mol. The molecule has 0 radical (unpaired) electrons. The lowest BCUT2D eigenvalue weighted by Crippen LogP contribution is -1.93. The maximum absolute atomic E-state index is 10.4. The zero-order chi connectivity index (χ0) is 23.4. The van der Waals surface area contributed by atoms with E-state index in [1.165, 1.54) is 148 Å². The van der Waals surface area contributed by atoms with Crippen LogP contribution < -0.4 is 0 Å². The van der Waals surface area contributed by atoms with Crippen LogP contribution in [0.1, 0.15) is 174 Å². The molecule has 0 aromatic heterocycles. The van der Waals surface area contributed by atoms with Crippen molar-refractivity contribution in [3.63, 3.8) is 0 Å². The molecule has 32 heavy (non-hydrogen) atoms. The quantitative estimate of drug-likeness (QED) is 0.0997. The fraction of sp³-hybridized carbons (Fsp3) is 0.900. The van der Waals surface area contributed by atoms with E-state index in [0.29, 0.717) is 6.42 Å². The van der Waals surface area contributed by atoms with Crippen molar-refractivity contribution in [1.82, 2.24) is 0 Å². The normalized spacial score (nSPS) is 11.5. The highest BCUT2D eigenvalue weighted by atomic mass is 16.4. The van der Waals surface area contributed by atoms with E-state index in [2.05, 4.69) is 19.1 Å². The molecule has 2 nitrogen and oxygen atoms in total. The SMILES string of the molecule is CCCCCCC=CCCCCCCCCCCCCCCCCCCCCCC(=O)O. The van der Waals surface area contributed by atoms with Gasteiger partial charge in [0, 0.05) is 6.42 Å². The molecule has 0 aliphatic carbocycles. The zero-order valence-electron chi connectivity index (χ0n) is 21.9. The third-order valence-electron chi connectivity index (χ3n) is 6.65. The van der Waals surface area contributed by atoms with Gasteiger partial charge >= 0.3 is 5.97 Å². The summed E-state index contributed by atoms with van der Waals surface area (Å²) in [6.07, 6.45) is 39.0. The Kier molecular flexibility index (Phi) is 27.5. The Hall–Kier alpha value is -0.790. The Morgan fingerprint density at radius 2 is 0.750 bits per heavy atom. The zero-order valence-corrected chi connectivity index (χ0v) is 21.9. The van der Waals surface area contributed by atoms with Crippen molar-refractivity contribution < 1.29 is 9.90 Å². The van der Waals surface area contributed by atoms with Crippen LogP contribution in [-0.4, -0.2) is 11.1 Å². The number of carbonyl (C=O) groups is 1. The van der Waals surface area contributed by atoms with Crippen molar-refractivity contribution in [2.45, 2.75) is 174 Å². The molecule has 0 amide bonds. The molecule has 0 heterocycles. The molecule has 0 bridgehead atoms. The standard InChI is InChI=1S/C30H58O2/c1-2-3-4-5-6-7-8-9-10-11-12-13-14-15-16-17-18-19-20-21-22-23-24-25-26-27-28-29-30(31)32/h7-8H,2-6,9-29H2,1H3,(H,31,32). The summed E-state index contributed by atoms with van der Waals surface area (Å²) >= 11 is 0. The van der Waals surface area contributed by atoms with E-state index in [4.69, 9.17) is 5.11 Å². The fourth-order valence-electron chi connectivity index (χ4n) is 4.47. The largest absolute Gasteiger partial charge is 0.481 e. The molecule has 190 valence electrons. The fourth-order valence-corrected chi connectivity index (χ4v) is 4.47. The van der Waals surface area contributed by atoms with E-state index in [-0.39, 0.29) is 0 Å². The smallest absolute Gasteiger partial charge is 0.303 e. The van der Waals surface area contributed by atoms with E-state index in [9.17, 15) is 4.79 Å². The van der Waals surface area contributed by atoms with Crippen LogP contribution in [0.15, 0.2) is 12.2 Å². The average Bonchev–Trinajstić information content (AvgIpc) is 2.78. The highest BCUT2D eigenvalue weighted by Crippen LogP contribution is 2.15. The minimum Gasteiger partial charge on any atom is -0.481 e. The van der Waals surface area contributed by atoms with E-state index in [1.54, 1.807) is 0 Å². The van der Waals surface area contributed by atoms with Crippen molar-refractivity contribution in [2.24, 2.45) is 0 Å². The predicted molar refractivity (Wildman–Crippen MR) is 142 cm³/mol. The summed E-state index contributed by atoms with van der Waals surface area (Å²) in [5.41, 5.74) is 0. The Bertz CT molecular complexity index is 388. The summed E-state index contributed by atoms with van der Waals surface area (Å²) in [5, 5.41) is 8.60. The number of hydrogen-bond donors (Lipinski definition) is 1. The first-order valence-corrected chi connectivity index (χ1v) is 14.6. The maximum Gasteiger partial charge on any atom is 0.303 e. The van der Waals surface area contributed by atoms with Crippen molar-refractivity contribution in [2.75, 3.05) is 0 Å². The predicted octanol–water partition coefficient (Wildman–Crippen LogP) is 10.8. The molecule has 0 unspecified atom stereocenters. The first-order valence-electron chi connectivity index (χ1n) is 14.6. The van der Waals surface area contributed by atoms with Gasteiger partial charge in [-0.2, -0.15) is 0 Å². The van der Waals surface area contributed by atoms with Crippen LogP contribution in [0.5, 0.6) is 0 Å². The minimum absolute atomic E-state index is 0.345. The second kappa shape index (κ2) is 28.2. The molecule has 0 aliphatic rings. The summed E-state index contributed by atoms with van der Waals surface area (Å²) in [5.74, 6) is -0.650. The molecule has 0 atom stereocenters. The number of allylic oxidation sites excluding steroid dienone is 2. The number of carboxylic acid groups (broad SMARTS) is 1. The molecule has 0 aromatic carbocycles. The second-order valence-corrected chi connectivity index (χ2v) is 9.97. The Morgan fingerprint density at radius 1 is 0.469 bits per heavy atom. The van der Waals surface area contributed by atoms with Gasteiger partial charge < -0.3 is 5.11 Å². The number of aliphatic carboxylic acids is 1. The molecular formula is C30H58O2. The minimum atomic E-state index is -0.650.